The van der Waals surface area contributed by atoms with Crippen molar-refractivity contribution in [3.63, 3.8) is 0 Å². The highest BCUT2D eigenvalue weighted by atomic mass is 32.2. The molecule has 0 radical (unpaired) electrons. The van der Waals surface area contributed by atoms with Crippen LogP contribution in [0.2, 0.25) is 0 Å². The number of benzene rings is 2. The van der Waals surface area contributed by atoms with Gasteiger partial charge >= 0.3 is 0 Å². The normalized spacial score (nSPS) is 21.6. The number of rotatable bonds is 7. The van der Waals surface area contributed by atoms with Crippen LogP contribution in [0, 0.1) is 0 Å². The smallest absolute Gasteiger partial charge is 0.265 e. The van der Waals surface area contributed by atoms with Crippen LogP contribution in [0.3, 0.4) is 0 Å². The van der Waals surface area contributed by atoms with Crippen molar-refractivity contribution in [2.45, 2.75) is 54.9 Å². The van der Waals surface area contributed by atoms with Crippen LogP contribution in [0.15, 0.2) is 41.3 Å². The molecule has 7 nitrogen and oxygen atoms in total. The lowest BCUT2D eigenvalue weighted by molar-refractivity contribution is -0.125. The molecule has 5 rings (SSSR count). The first-order valence-corrected chi connectivity index (χ1v) is 13.0. The van der Waals surface area contributed by atoms with Gasteiger partial charge in [0.25, 0.3) is 10.0 Å². The van der Waals surface area contributed by atoms with Crippen molar-refractivity contribution in [1.82, 2.24) is 4.90 Å². The number of ether oxygens (including phenoxy) is 2. The van der Waals surface area contributed by atoms with Crippen LogP contribution in [-0.4, -0.2) is 52.5 Å². The Morgan fingerprint density at radius 1 is 1.15 bits per heavy atom. The van der Waals surface area contributed by atoms with Gasteiger partial charge in [0.2, 0.25) is 0 Å². The molecular weight excluding hydrogens is 440 g/mol. The summed E-state index contributed by atoms with van der Waals surface area (Å²) in [5.74, 6) is 1.11. The topological polar surface area (TPSA) is 84.9 Å². The number of anilines is 1. The number of carbonyl (C=O) groups excluding carboxylic acids is 1. The summed E-state index contributed by atoms with van der Waals surface area (Å²) in [6.45, 7) is 1.57. The Morgan fingerprint density at radius 3 is 2.61 bits per heavy atom. The van der Waals surface area contributed by atoms with Crippen molar-refractivity contribution in [2.75, 3.05) is 32.0 Å². The van der Waals surface area contributed by atoms with Gasteiger partial charge in [0.1, 0.15) is 28.8 Å². The van der Waals surface area contributed by atoms with E-state index in [9.17, 15) is 13.2 Å². The lowest BCUT2D eigenvalue weighted by Crippen LogP contribution is -2.39. The Kier molecular flexibility index (Phi) is 5.61. The summed E-state index contributed by atoms with van der Waals surface area (Å²) in [6.07, 6.45) is 5.19. The molecule has 2 aliphatic carbocycles. The number of nitrogens with one attached hydrogen (secondary N) is 1. The van der Waals surface area contributed by atoms with Crippen LogP contribution in [0.5, 0.6) is 11.5 Å². The number of para-hydroxylation sites is 1. The molecule has 1 atom stereocenters. The third kappa shape index (κ3) is 3.79. The molecule has 1 N–H and O–H groups in total. The van der Waals surface area contributed by atoms with E-state index < -0.39 is 15.4 Å². The number of likely N-dealkylation sites (N-methyl/N-ethyl adjacent to an activating group) is 1. The quantitative estimate of drug-likeness (QED) is 0.667. The Labute approximate surface area is 195 Å². The van der Waals surface area contributed by atoms with Crippen molar-refractivity contribution < 1.29 is 22.7 Å². The van der Waals surface area contributed by atoms with Crippen molar-refractivity contribution >= 4 is 21.5 Å². The maximum atomic E-state index is 13.2. The number of sulfonamides is 1. The van der Waals surface area contributed by atoms with Gasteiger partial charge in [-0.1, -0.05) is 18.6 Å². The maximum absolute atomic E-state index is 13.2. The van der Waals surface area contributed by atoms with E-state index in [1.54, 1.807) is 24.3 Å². The number of likely N-dealkylation sites (tertiary alicyclic amines) is 1. The maximum Gasteiger partial charge on any atom is 0.265 e. The fraction of sp³-hybridized carbons (Fsp3) is 0.480. The first kappa shape index (κ1) is 22.2. The fourth-order valence-corrected chi connectivity index (χ4v) is 6.64. The van der Waals surface area contributed by atoms with Crippen molar-refractivity contribution in [3.05, 3.63) is 47.5 Å². The van der Waals surface area contributed by atoms with Crippen molar-refractivity contribution in [1.29, 1.82) is 0 Å². The van der Waals surface area contributed by atoms with Gasteiger partial charge in [-0.25, -0.2) is 8.42 Å². The second-order valence-corrected chi connectivity index (χ2v) is 11.0. The third-order valence-electron chi connectivity index (χ3n) is 7.52. The van der Waals surface area contributed by atoms with Crippen LogP contribution in [0.1, 0.15) is 43.2 Å². The molecule has 1 heterocycles. The molecule has 1 aliphatic heterocycles. The highest BCUT2D eigenvalue weighted by Gasteiger charge is 2.51. The number of hydrogen-bond donors (Lipinski definition) is 1. The average Bonchev–Trinajstić information content (AvgIpc) is 3.31. The Morgan fingerprint density at radius 2 is 1.94 bits per heavy atom. The summed E-state index contributed by atoms with van der Waals surface area (Å²) in [7, 11) is -0.353. The van der Waals surface area contributed by atoms with E-state index in [1.807, 2.05) is 6.07 Å². The lowest BCUT2D eigenvalue weighted by atomic mass is 9.64. The number of ketones is 1. The highest BCUT2D eigenvalue weighted by Crippen LogP contribution is 2.53. The summed E-state index contributed by atoms with van der Waals surface area (Å²) in [4.78, 5) is 15.3. The zero-order valence-electron chi connectivity index (χ0n) is 19.1. The summed E-state index contributed by atoms with van der Waals surface area (Å²) >= 11 is 0. The second kappa shape index (κ2) is 8.33. The van der Waals surface area contributed by atoms with Gasteiger partial charge < -0.3 is 14.4 Å². The van der Waals surface area contributed by atoms with Gasteiger partial charge in [0.05, 0.1) is 18.2 Å². The average molecular weight is 471 g/mol. The van der Waals surface area contributed by atoms with Crippen LogP contribution in [-0.2, 0) is 26.7 Å². The number of fused-ring (bicyclic) bond motifs is 2. The van der Waals surface area contributed by atoms with Crippen LogP contribution in [0.25, 0.3) is 0 Å². The molecule has 176 valence electrons. The zero-order chi connectivity index (χ0) is 23.2. The fourth-order valence-electron chi connectivity index (χ4n) is 5.43. The Balaban J connectivity index is 1.51. The lowest BCUT2D eigenvalue weighted by Gasteiger charge is -2.37. The monoisotopic (exact) mass is 470 g/mol. The minimum atomic E-state index is -3.89. The van der Waals surface area contributed by atoms with E-state index in [0.29, 0.717) is 30.5 Å². The molecule has 0 unspecified atom stereocenters. The number of methoxy groups -OCH3 is 1. The summed E-state index contributed by atoms with van der Waals surface area (Å²) in [5, 5.41) is 0. The number of hydrogen-bond acceptors (Lipinski definition) is 6. The number of nitrogens with zero attached hydrogens (tertiary/aromatic N) is 1. The van der Waals surface area contributed by atoms with E-state index in [4.69, 9.17) is 9.47 Å². The Bertz CT molecular complexity index is 1190. The SMILES string of the molecule is COc1ccccc1S(=O)(=O)Nc1cc(OC[C@@H]2CCCN2C)c2c(c1)C1(CCC1)C(=O)C2. The minimum absolute atomic E-state index is 0.0671. The third-order valence-corrected chi connectivity index (χ3v) is 8.94. The number of Topliss-reactive ketones (excluding diaryl/α,β-unsaturated/α-hetero) is 1. The van der Waals surface area contributed by atoms with E-state index in [1.165, 1.54) is 13.2 Å². The molecule has 8 heteroatoms. The minimum Gasteiger partial charge on any atom is -0.495 e. The summed E-state index contributed by atoms with van der Waals surface area (Å²) in [5.41, 5.74) is 1.77. The summed E-state index contributed by atoms with van der Waals surface area (Å²) in [6, 6.07) is 10.4. The van der Waals surface area contributed by atoms with E-state index >= 15 is 0 Å². The van der Waals surface area contributed by atoms with Crippen molar-refractivity contribution in [3.8, 4) is 11.5 Å². The van der Waals surface area contributed by atoms with Crippen molar-refractivity contribution in [2.24, 2.45) is 0 Å². The van der Waals surface area contributed by atoms with E-state index in [0.717, 1.165) is 49.8 Å². The molecule has 1 saturated carbocycles. The van der Waals surface area contributed by atoms with Crippen LogP contribution in [0.4, 0.5) is 5.69 Å². The van der Waals surface area contributed by atoms with Gasteiger partial charge in [0, 0.05) is 24.1 Å². The molecule has 0 bridgehead atoms. The summed E-state index contributed by atoms with van der Waals surface area (Å²) < 4.78 is 40.6. The first-order valence-electron chi connectivity index (χ1n) is 11.5. The van der Waals surface area contributed by atoms with Gasteiger partial charge in [0.15, 0.2) is 0 Å². The highest BCUT2D eigenvalue weighted by molar-refractivity contribution is 7.92. The van der Waals surface area contributed by atoms with Gasteiger partial charge in [-0.15, -0.1) is 0 Å². The molecule has 3 aliphatic rings. The van der Waals surface area contributed by atoms with Crippen LogP contribution < -0.4 is 14.2 Å². The number of carbonyl (C=O) groups is 1. The molecule has 2 aromatic carbocycles. The molecule has 1 saturated heterocycles. The standard InChI is InChI=1S/C25H30N2O5S/c1-27-12-5-7-18(27)16-32-22-14-17(13-20-19(22)15-24(28)25(20)10-6-11-25)26-33(29,30)23-9-4-3-8-21(23)31-2/h3-4,8-9,13-14,18,26H,5-7,10-12,15-16H2,1-2H3/t18-/m0/s1. The molecule has 0 amide bonds. The predicted molar refractivity (Wildman–Crippen MR) is 126 cm³/mol. The van der Waals surface area contributed by atoms with Crippen LogP contribution >= 0.6 is 0 Å². The van der Waals surface area contributed by atoms with E-state index in [2.05, 4.69) is 16.7 Å². The molecule has 2 fully saturated rings. The second-order valence-electron chi connectivity index (χ2n) is 9.38. The van der Waals surface area contributed by atoms with Gasteiger partial charge in [-0.3, -0.25) is 9.52 Å². The molecule has 0 aromatic heterocycles. The van der Waals surface area contributed by atoms with Gasteiger partial charge in [-0.2, -0.15) is 0 Å². The van der Waals surface area contributed by atoms with Gasteiger partial charge in [-0.05, 0) is 63.0 Å². The molecular formula is C25H30N2O5S. The zero-order valence-corrected chi connectivity index (χ0v) is 19.9. The molecule has 1 spiro atoms. The molecule has 2 aromatic rings. The first-order chi connectivity index (χ1) is 15.8. The Hall–Kier alpha value is -2.58. The van der Waals surface area contributed by atoms with E-state index in [-0.39, 0.29) is 16.4 Å². The molecule has 33 heavy (non-hydrogen) atoms. The largest absolute Gasteiger partial charge is 0.495 e. The predicted octanol–water partition coefficient (Wildman–Crippen LogP) is 3.52.